The topological polar surface area (TPSA) is 124 Å². The first-order valence-electron chi connectivity index (χ1n) is 6.62. The van der Waals surface area contributed by atoms with Crippen LogP contribution in [0.1, 0.15) is 33.1 Å². The molecule has 0 heterocycles. The van der Waals surface area contributed by atoms with E-state index in [1.807, 2.05) is 0 Å². The maximum Gasteiger partial charge on any atom is 0.324 e. The second-order valence-corrected chi connectivity index (χ2v) is 4.97. The highest BCUT2D eigenvalue weighted by Gasteiger charge is 2.44. The average Bonchev–Trinajstić information content (AvgIpc) is 2.47. The van der Waals surface area contributed by atoms with Crippen molar-refractivity contribution in [1.29, 1.82) is 0 Å². The maximum absolute atomic E-state index is 12.0. The molecule has 20 heavy (non-hydrogen) atoms. The third-order valence-electron chi connectivity index (χ3n) is 3.67. The zero-order valence-corrected chi connectivity index (χ0v) is 12.0. The van der Waals surface area contributed by atoms with Gasteiger partial charge in [-0.3, -0.25) is 9.59 Å². The Morgan fingerprint density at radius 2 is 1.25 bits per heavy atom. The number of carbonyl (C=O) groups excluding carboxylic acids is 2. The van der Waals surface area contributed by atoms with Crippen LogP contribution in [0.5, 0.6) is 0 Å². The monoisotopic (exact) mass is 292 g/mol. The van der Waals surface area contributed by atoms with E-state index in [0.717, 1.165) is 0 Å². The molecule has 7 nitrogen and oxygen atoms in total. The lowest BCUT2D eigenvalue weighted by Crippen LogP contribution is -2.46. The minimum absolute atomic E-state index is 0.0884. The van der Waals surface area contributed by atoms with Gasteiger partial charge in [0.2, 0.25) is 0 Å². The quantitative estimate of drug-likeness (QED) is 0.324. The van der Waals surface area contributed by atoms with Crippen LogP contribution < -0.4 is 0 Å². The molecule has 0 rings (SSSR count). The summed E-state index contributed by atoms with van der Waals surface area (Å²) in [6.45, 7) is 0.695. The molecular formula is C13H24O7. The molecule has 4 N–H and O–H groups in total. The third kappa shape index (κ3) is 3.76. The van der Waals surface area contributed by atoms with Crippen molar-refractivity contribution in [3.8, 4) is 0 Å². The molecule has 0 atom stereocenters. The van der Waals surface area contributed by atoms with Crippen molar-refractivity contribution < 1.29 is 34.8 Å². The zero-order chi connectivity index (χ0) is 15.8. The molecule has 0 bridgehead atoms. The van der Waals surface area contributed by atoms with E-state index in [1.54, 1.807) is 13.8 Å². The summed E-state index contributed by atoms with van der Waals surface area (Å²) in [5.74, 6) is -2.11. The van der Waals surface area contributed by atoms with Crippen LogP contribution in [0.25, 0.3) is 0 Å². The Bertz CT molecular complexity index is 310. The van der Waals surface area contributed by atoms with Gasteiger partial charge in [0.05, 0.1) is 26.4 Å². The van der Waals surface area contributed by atoms with Gasteiger partial charge in [-0.15, -0.1) is 0 Å². The molecule has 0 radical (unpaired) electrons. The Kier molecular flexibility index (Phi) is 7.88. The summed E-state index contributed by atoms with van der Waals surface area (Å²) in [5.41, 5.74) is -3.10. The summed E-state index contributed by atoms with van der Waals surface area (Å²) in [7, 11) is 0. The molecule has 0 aromatic carbocycles. The summed E-state index contributed by atoms with van der Waals surface area (Å²) < 4.78 is 4.67. The van der Waals surface area contributed by atoms with Gasteiger partial charge >= 0.3 is 11.9 Å². The van der Waals surface area contributed by atoms with Gasteiger partial charge in [-0.1, -0.05) is 20.3 Å². The lowest BCUT2D eigenvalue weighted by Gasteiger charge is -2.30. The van der Waals surface area contributed by atoms with Crippen molar-refractivity contribution in [3.63, 3.8) is 0 Å². The molecule has 0 saturated carbocycles. The number of aliphatic hydroxyl groups is 4. The Balaban J connectivity index is 5.10. The van der Waals surface area contributed by atoms with Gasteiger partial charge in [0.1, 0.15) is 10.8 Å². The molecule has 0 amide bonds. The fourth-order valence-corrected chi connectivity index (χ4v) is 1.77. The lowest BCUT2D eigenvalue weighted by molar-refractivity contribution is -0.181. The van der Waals surface area contributed by atoms with E-state index in [9.17, 15) is 30.0 Å². The molecule has 0 spiro atoms. The second-order valence-electron chi connectivity index (χ2n) is 4.97. The summed E-state index contributed by atoms with van der Waals surface area (Å²) in [4.78, 5) is 23.9. The van der Waals surface area contributed by atoms with Crippen molar-refractivity contribution in [2.75, 3.05) is 26.4 Å². The molecular weight excluding hydrogens is 268 g/mol. The zero-order valence-electron chi connectivity index (χ0n) is 12.0. The number of carbonyl (C=O) groups is 2. The van der Waals surface area contributed by atoms with Crippen LogP contribution >= 0.6 is 0 Å². The van der Waals surface area contributed by atoms with E-state index in [1.165, 1.54) is 0 Å². The van der Waals surface area contributed by atoms with Crippen LogP contribution in [0.15, 0.2) is 0 Å². The van der Waals surface area contributed by atoms with Crippen LogP contribution in [0.3, 0.4) is 0 Å². The minimum Gasteiger partial charge on any atom is -0.395 e. The normalized spacial score (nSPS) is 12.3. The summed E-state index contributed by atoms with van der Waals surface area (Å²) in [6, 6.07) is 0. The SMILES string of the molecule is CCCC(CO)(CO)C(=O)OC(=O)C(CC)(CO)CO. The first kappa shape index (κ1) is 19.0. The number of aliphatic hydroxyl groups excluding tert-OH is 4. The number of hydrogen-bond donors (Lipinski definition) is 4. The molecule has 7 heteroatoms. The van der Waals surface area contributed by atoms with E-state index < -0.39 is 49.2 Å². The molecule has 0 fully saturated rings. The summed E-state index contributed by atoms with van der Waals surface area (Å²) in [6.07, 6.45) is 0.748. The van der Waals surface area contributed by atoms with Crippen molar-refractivity contribution in [2.45, 2.75) is 33.1 Å². The van der Waals surface area contributed by atoms with E-state index in [-0.39, 0.29) is 12.8 Å². The minimum atomic E-state index is -1.56. The first-order valence-corrected chi connectivity index (χ1v) is 6.62. The van der Waals surface area contributed by atoms with Crippen LogP contribution in [-0.4, -0.2) is 58.8 Å². The molecule has 0 aliphatic heterocycles. The Labute approximate surface area is 118 Å². The van der Waals surface area contributed by atoms with Gasteiger partial charge in [0, 0.05) is 0 Å². The molecule has 0 unspecified atom stereocenters. The number of esters is 2. The third-order valence-corrected chi connectivity index (χ3v) is 3.67. The van der Waals surface area contributed by atoms with Crippen LogP contribution in [0, 0.1) is 10.8 Å². The Hall–Kier alpha value is -1.02. The fraction of sp³-hybridized carbons (Fsp3) is 0.846. The smallest absolute Gasteiger partial charge is 0.324 e. The molecule has 0 aromatic heterocycles. The highest BCUT2D eigenvalue weighted by molar-refractivity contribution is 5.91. The van der Waals surface area contributed by atoms with E-state index in [0.29, 0.717) is 6.42 Å². The molecule has 0 aromatic rings. The molecule has 0 aliphatic carbocycles. The number of ether oxygens (including phenoxy) is 1. The van der Waals surface area contributed by atoms with Crippen molar-refractivity contribution >= 4 is 11.9 Å². The molecule has 0 saturated heterocycles. The van der Waals surface area contributed by atoms with Gasteiger partial charge in [-0.25, -0.2) is 0 Å². The van der Waals surface area contributed by atoms with Crippen molar-refractivity contribution in [3.05, 3.63) is 0 Å². The van der Waals surface area contributed by atoms with Crippen LogP contribution in [0.2, 0.25) is 0 Å². The number of rotatable bonds is 9. The average molecular weight is 292 g/mol. The first-order chi connectivity index (χ1) is 9.41. The van der Waals surface area contributed by atoms with Gasteiger partial charge in [0.15, 0.2) is 0 Å². The van der Waals surface area contributed by atoms with Crippen LogP contribution in [0.4, 0.5) is 0 Å². The molecule has 0 aliphatic rings. The highest BCUT2D eigenvalue weighted by Crippen LogP contribution is 2.28. The van der Waals surface area contributed by atoms with Gasteiger partial charge in [-0.2, -0.15) is 0 Å². The van der Waals surface area contributed by atoms with E-state index >= 15 is 0 Å². The largest absolute Gasteiger partial charge is 0.395 e. The fourth-order valence-electron chi connectivity index (χ4n) is 1.77. The predicted octanol–water partition coefficient (Wildman–Crippen LogP) is -0.792. The molecule has 118 valence electrons. The lowest BCUT2D eigenvalue weighted by atomic mass is 9.84. The van der Waals surface area contributed by atoms with Gasteiger partial charge in [0.25, 0.3) is 0 Å². The van der Waals surface area contributed by atoms with Gasteiger partial charge in [-0.05, 0) is 12.8 Å². The predicted molar refractivity (Wildman–Crippen MR) is 69.5 cm³/mol. The summed E-state index contributed by atoms with van der Waals surface area (Å²) >= 11 is 0. The summed E-state index contributed by atoms with van der Waals surface area (Å²) in [5, 5.41) is 37.0. The standard InChI is InChI=1S/C13H24O7/c1-3-5-13(8-16,9-17)11(19)20-10(18)12(4-2,6-14)7-15/h14-17H,3-9H2,1-2H3. The Morgan fingerprint density at radius 3 is 1.55 bits per heavy atom. The van der Waals surface area contributed by atoms with E-state index in [2.05, 4.69) is 4.74 Å². The number of hydrogen-bond acceptors (Lipinski definition) is 7. The highest BCUT2D eigenvalue weighted by atomic mass is 16.6. The van der Waals surface area contributed by atoms with Gasteiger partial charge < -0.3 is 25.2 Å². The van der Waals surface area contributed by atoms with Crippen molar-refractivity contribution in [1.82, 2.24) is 0 Å². The Morgan fingerprint density at radius 1 is 0.850 bits per heavy atom. The van der Waals surface area contributed by atoms with E-state index in [4.69, 9.17) is 0 Å². The second kappa shape index (κ2) is 8.31. The van der Waals surface area contributed by atoms with Crippen LogP contribution in [-0.2, 0) is 14.3 Å². The maximum atomic E-state index is 12.0. The van der Waals surface area contributed by atoms with Crippen molar-refractivity contribution in [2.24, 2.45) is 10.8 Å².